The van der Waals surface area contributed by atoms with E-state index in [1.54, 1.807) is 6.20 Å². The molecule has 2 rings (SSSR count). The fourth-order valence-electron chi connectivity index (χ4n) is 1.69. The van der Waals surface area contributed by atoms with Crippen LogP contribution in [0.15, 0.2) is 16.7 Å². The van der Waals surface area contributed by atoms with Crippen molar-refractivity contribution in [3.63, 3.8) is 0 Å². The van der Waals surface area contributed by atoms with E-state index in [-0.39, 0.29) is 5.69 Å². The van der Waals surface area contributed by atoms with Crippen molar-refractivity contribution in [2.45, 2.75) is 6.42 Å². The van der Waals surface area contributed by atoms with E-state index in [4.69, 9.17) is 4.74 Å². The monoisotopic (exact) mass is 301 g/mol. The molecule has 0 amide bonds. The minimum absolute atomic E-state index is 0.0155. The molecule has 0 aliphatic carbocycles. The van der Waals surface area contributed by atoms with E-state index in [1.165, 1.54) is 6.07 Å². The molecule has 0 aromatic carbocycles. The third-order valence-corrected chi connectivity index (χ3v) is 3.05. The zero-order chi connectivity index (χ0) is 12.3. The summed E-state index contributed by atoms with van der Waals surface area (Å²) in [6.45, 7) is 2.12. The van der Waals surface area contributed by atoms with Crippen molar-refractivity contribution in [3.05, 3.63) is 26.9 Å². The molecule has 0 radical (unpaired) electrons. The first kappa shape index (κ1) is 12.3. The van der Waals surface area contributed by atoms with Crippen molar-refractivity contribution in [2.24, 2.45) is 5.92 Å². The third kappa shape index (κ3) is 3.13. The lowest BCUT2D eigenvalue weighted by Crippen LogP contribution is -2.15. The Bertz CT molecular complexity index is 421. The largest absolute Gasteiger partial charge is 0.381 e. The second-order valence-corrected chi connectivity index (χ2v) is 4.80. The Labute approximate surface area is 107 Å². The first-order chi connectivity index (χ1) is 8.16. The summed E-state index contributed by atoms with van der Waals surface area (Å²) in [5, 5.41) is 13.9. The van der Waals surface area contributed by atoms with Gasteiger partial charge < -0.3 is 10.1 Å². The van der Waals surface area contributed by atoms with Crippen LogP contribution in [0.2, 0.25) is 0 Å². The van der Waals surface area contributed by atoms with Gasteiger partial charge in [0.05, 0.1) is 11.5 Å². The molecule has 0 bridgehead atoms. The first-order valence-electron chi connectivity index (χ1n) is 5.28. The fraction of sp³-hybridized carbons (Fsp3) is 0.500. The van der Waals surface area contributed by atoms with Gasteiger partial charge in [-0.2, -0.15) is 0 Å². The quantitative estimate of drug-likeness (QED) is 0.681. The number of halogens is 1. The summed E-state index contributed by atoms with van der Waals surface area (Å²) in [7, 11) is 0. The molecule has 1 aromatic heterocycles. The van der Waals surface area contributed by atoms with E-state index in [9.17, 15) is 10.1 Å². The van der Waals surface area contributed by atoms with Crippen LogP contribution in [-0.4, -0.2) is 29.7 Å². The van der Waals surface area contributed by atoms with Crippen LogP contribution >= 0.6 is 15.9 Å². The minimum atomic E-state index is -0.439. The van der Waals surface area contributed by atoms with Gasteiger partial charge in [-0.3, -0.25) is 10.1 Å². The molecular weight excluding hydrogens is 290 g/mol. The number of nitro groups is 1. The van der Waals surface area contributed by atoms with Crippen molar-refractivity contribution in [2.75, 3.05) is 25.1 Å². The molecule has 0 spiro atoms. The van der Waals surface area contributed by atoms with E-state index in [0.717, 1.165) is 13.0 Å². The zero-order valence-corrected chi connectivity index (χ0v) is 10.6. The van der Waals surface area contributed by atoms with Crippen LogP contribution in [0.1, 0.15) is 6.42 Å². The van der Waals surface area contributed by atoms with Gasteiger partial charge in [-0.05, 0) is 22.4 Å². The first-order valence-corrected chi connectivity index (χ1v) is 6.07. The van der Waals surface area contributed by atoms with Crippen LogP contribution in [0.4, 0.5) is 11.5 Å². The smallest absolute Gasteiger partial charge is 0.312 e. The molecule has 1 fully saturated rings. The van der Waals surface area contributed by atoms with Crippen molar-refractivity contribution < 1.29 is 9.66 Å². The van der Waals surface area contributed by atoms with E-state index in [2.05, 4.69) is 26.2 Å². The van der Waals surface area contributed by atoms with Crippen molar-refractivity contribution in [3.8, 4) is 0 Å². The summed E-state index contributed by atoms with van der Waals surface area (Å²) in [4.78, 5) is 14.4. The third-order valence-electron chi connectivity index (χ3n) is 2.61. The van der Waals surface area contributed by atoms with Gasteiger partial charge in [-0.25, -0.2) is 4.98 Å². The molecule has 1 aromatic rings. The highest BCUT2D eigenvalue weighted by molar-refractivity contribution is 9.10. The Balaban J connectivity index is 2.06. The maximum atomic E-state index is 10.9. The molecule has 1 aliphatic heterocycles. The number of ether oxygens (including phenoxy) is 1. The predicted molar refractivity (Wildman–Crippen MR) is 66.0 cm³/mol. The van der Waals surface area contributed by atoms with Gasteiger partial charge in [0.2, 0.25) is 5.82 Å². The Morgan fingerprint density at radius 2 is 2.53 bits per heavy atom. The average Bonchev–Trinajstić information content (AvgIpc) is 2.80. The lowest BCUT2D eigenvalue weighted by molar-refractivity contribution is -0.384. The van der Waals surface area contributed by atoms with Crippen molar-refractivity contribution in [1.29, 1.82) is 0 Å². The Morgan fingerprint density at radius 3 is 3.18 bits per heavy atom. The lowest BCUT2D eigenvalue weighted by Gasteiger charge is -2.10. The van der Waals surface area contributed by atoms with E-state index >= 15 is 0 Å². The molecule has 1 N–H and O–H groups in total. The predicted octanol–water partition coefficient (Wildman–Crippen LogP) is 2.20. The van der Waals surface area contributed by atoms with Crippen molar-refractivity contribution >= 4 is 27.4 Å². The van der Waals surface area contributed by atoms with Gasteiger partial charge in [-0.15, -0.1) is 0 Å². The molecule has 1 unspecified atom stereocenters. The van der Waals surface area contributed by atoms with Crippen LogP contribution in [0, 0.1) is 16.0 Å². The van der Waals surface area contributed by atoms with Gasteiger partial charge in [0.25, 0.3) is 0 Å². The molecule has 92 valence electrons. The summed E-state index contributed by atoms with van der Waals surface area (Å²) in [5.74, 6) is 0.713. The lowest BCUT2D eigenvalue weighted by atomic mass is 10.1. The number of nitrogens with one attached hydrogen (secondary N) is 1. The van der Waals surface area contributed by atoms with Gasteiger partial charge in [0, 0.05) is 35.8 Å². The average molecular weight is 302 g/mol. The fourth-order valence-corrected chi connectivity index (χ4v) is 2.01. The van der Waals surface area contributed by atoms with Crippen LogP contribution in [0.5, 0.6) is 0 Å². The Hall–Kier alpha value is -1.21. The molecule has 17 heavy (non-hydrogen) atoms. The summed E-state index contributed by atoms with van der Waals surface area (Å²) in [5.41, 5.74) is -0.0155. The number of hydrogen-bond donors (Lipinski definition) is 1. The van der Waals surface area contributed by atoms with Gasteiger partial charge in [0.15, 0.2) is 0 Å². The topological polar surface area (TPSA) is 77.3 Å². The van der Waals surface area contributed by atoms with Crippen LogP contribution in [0.3, 0.4) is 0 Å². The molecule has 7 heteroatoms. The number of pyridine rings is 1. The number of hydrogen-bond acceptors (Lipinski definition) is 5. The molecule has 1 aliphatic rings. The minimum Gasteiger partial charge on any atom is -0.381 e. The second kappa shape index (κ2) is 5.42. The normalized spacial score (nSPS) is 19.2. The van der Waals surface area contributed by atoms with Gasteiger partial charge in [-0.1, -0.05) is 0 Å². The van der Waals surface area contributed by atoms with Crippen LogP contribution in [-0.2, 0) is 4.74 Å². The zero-order valence-electron chi connectivity index (χ0n) is 9.06. The highest BCUT2D eigenvalue weighted by atomic mass is 79.9. The van der Waals surface area contributed by atoms with E-state index in [0.29, 0.717) is 29.4 Å². The number of anilines is 1. The highest BCUT2D eigenvalue weighted by Gasteiger charge is 2.19. The van der Waals surface area contributed by atoms with Gasteiger partial charge >= 0.3 is 5.69 Å². The van der Waals surface area contributed by atoms with E-state index in [1.807, 2.05) is 0 Å². The maximum absolute atomic E-state index is 10.9. The number of aromatic nitrogens is 1. The Kier molecular flexibility index (Phi) is 3.90. The molecule has 6 nitrogen and oxygen atoms in total. The Morgan fingerprint density at radius 1 is 1.71 bits per heavy atom. The van der Waals surface area contributed by atoms with Crippen LogP contribution in [0.25, 0.3) is 0 Å². The summed E-state index contributed by atoms with van der Waals surface area (Å²) in [6.07, 6.45) is 2.53. The summed E-state index contributed by atoms with van der Waals surface area (Å²) >= 11 is 3.17. The maximum Gasteiger partial charge on any atom is 0.312 e. The highest BCUT2D eigenvalue weighted by Crippen LogP contribution is 2.25. The van der Waals surface area contributed by atoms with Gasteiger partial charge in [0.1, 0.15) is 0 Å². The molecular formula is C10H12BrN3O3. The SMILES string of the molecule is O=[N+]([O-])c1cc(Br)cnc1NCC1CCOC1. The van der Waals surface area contributed by atoms with E-state index < -0.39 is 4.92 Å². The number of nitrogens with zero attached hydrogens (tertiary/aromatic N) is 2. The summed E-state index contributed by atoms with van der Waals surface area (Å²) < 4.78 is 5.84. The molecule has 2 heterocycles. The molecule has 1 atom stereocenters. The van der Waals surface area contributed by atoms with Crippen molar-refractivity contribution in [1.82, 2.24) is 4.98 Å². The van der Waals surface area contributed by atoms with Crippen LogP contribution < -0.4 is 5.32 Å². The molecule has 1 saturated heterocycles. The summed E-state index contributed by atoms with van der Waals surface area (Å²) in [6, 6.07) is 1.44. The number of rotatable bonds is 4. The standard InChI is InChI=1S/C10H12BrN3O3/c11-8-3-9(14(15)16)10(13-5-8)12-4-7-1-2-17-6-7/h3,5,7H,1-2,4,6H2,(H,12,13). The second-order valence-electron chi connectivity index (χ2n) is 3.89. The molecule has 0 saturated carbocycles.